The van der Waals surface area contributed by atoms with Crippen LogP contribution in [0.4, 0.5) is 0 Å². The van der Waals surface area contributed by atoms with Crippen LogP contribution in [-0.4, -0.2) is 25.1 Å². The second kappa shape index (κ2) is 6.58. The lowest BCUT2D eigenvalue weighted by Gasteiger charge is -2.01. The monoisotopic (exact) mass is 289 g/mol. The van der Waals surface area contributed by atoms with Crippen LogP contribution in [0.2, 0.25) is 0 Å². The minimum absolute atomic E-state index is 0.837. The lowest BCUT2D eigenvalue weighted by molar-refractivity contribution is 1.05. The Morgan fingerprint density at radius 1 is 0.773 bits per heavy atom. The van der Waals surface area contributed by atoms with Gasteiger partial charge in [0.25, 0.3) is 0 Å². The highest BCUT2D eigenvalue weighted by Gasteiger charge is 2.02. The van der Waals surface area contributed by atoms with Crippen LogP contribution in [0, 0.1) is 6.92 Å². The van der Waals surface area contributed by atoms with Crippen LogP contribution in [0.25, 0.3) is 22.5 Å². The third-order valence-corrected chi connectivity index (χ3v) is 3.11. The molecule has 0 spiro atoms. The summed E-state index contributed by atoms with van der Waals surface area (Å²) in [6.07, 6.45) is 8.82. The van der Waals surface area contributed by atoms with Crippen molar-refractivity contribution in [1.82, 2.24) is 25.1 Å². The van der Waals surface area contributed by atoms with E-state index in [1.54, 1.807) is 31.0 Å². The smallest absolute Gasteiger partial charge is 0.0886 e. The number of pyridine rings is 2. The first-order valence-corrected chi connectivity index (χ1v) is 6.90. The number of aromatic nitrogens is 5. The van der Waals surface area contributed by atoms with Crippen LogP contribution < -0.4 is 0 Å². The lowest BCUT2D eigenvalue weighted by Crippen LogP contribution is -1.87. The van der Waals surface area contributed by atoms with Crippen molar-refractivity contribution >= 4 is 0 Å². The average molecular weight is 289 g/mol. The molecule has 22 heavy (non-hydrogen) atoms. The molecular weight excluding hydrogens is 274 g/mol. The van der Waals surface area contributed by atoms with Gasteiger partial charge in [-0.1, -0.05) is 12.1 Å². The Labute approximate surface area is 128 Å². The van der Waals surface area contributed by atoms with Crippen molar-refractivity contribution in [3.63, 3.8) is 0 Å². The predicted octanol–water partition coefficient (Wildman–Crippen LogP) is 3.36. The molecule has 0 aliphatic rings. The van der Waals surface area contributed by atoms with Gasteiger partial charge in [-0.15, -0.1) is 0 Å². The van der Waals surface area contributed by atoms with Crippen molar-refractivity contribution in [2.24, 2.45) is 0 Å². The summed E-state index contributed by atoms with van der Waals surface area (Å²) in [6, 6.07) is 11.6. The molecule has 0 radical (unpaired) electrons. The zero-order chi connectivity index (χ0) is 15.2. The Balaban J connectivity index is 1.99. The number of hydrogen-bond acceptors (Lipinski definition) is 4. The predicted molar refractivity (Wildman–Crippen MR) is 85.2 cm³/mol. The molecule has 0 aliphatic carbocycles. The van der Waals surface area contributed by atoms with Gasteiger partial charge in [0, 0.05) is 41.6 Å². The summed E-state index contributed by atoms with van der Waals surface area (Å²) in [5, 5.41) is 6.95. The van der Waals surface area contributed by atoms with E-state index in [0.29, 0.717) is 0 Å². The summed E-state index contributed by atoms with van der Waals surface area (Å²) < 4.78 is 0. The molecule has 3 aromatic rings. The first kappa shape index (κ1) is 13.9. The normalized spacial score (nSPS) is 10.0. The zero-order valence-corrected chi connectivity index (χ0v) is 12.1. The van der Waals surface area contributed by atoms with E-state index in [0.717, 1.165) is 28.2 Å². The zero-order valence-electron chi connectivity index (χ0n) is 12.1. The summed E-state index contributed by atoms with van der Waals surface area (Å²) in [5.41, 5.74) is 4.42. The molecule has 0 saturated carbocycles. The maximum absolute atomic E-state index is 4.47. The van der Waals surface area contributed by atoms with Crippen molar-refractivity contribution in [1.29, 1.82) is 0 Å². The number of aryl methyl sites for hydroxylation is 1. The van der Waals surface area contributed by atoms with Crippen LogP contribution in [0.5, 0.6) is 0 Å². The van der Waals surface area contributed by atoms with Gasteiger partial charge in [-0.25, -0.2) is 0 Å². The molecular formula is C17H15N5. The molecule has 0 atom stereocenters. The molecule has 108 valence electrons. The molecule has 3 rings (SSSR count). The highest BCUT2D eigenvalue weighted by Crippen LogP contribution is 2.19. The Bertz CT molecular complexity index is 793. The van der Waals surface area contributed by atoms with E-state index in [-0.39, 0.29) is 0 Å². The molecule has 0 amide bonds. The number of H-pyrrole nitrogens is 1. The topological polar surface area (TPSA) is 67.3 Å². The van der Waals surface area contributed by atoms with Gasteiger partial charge in [0.05, 0.1) is 17.6 Å². The van der Waals surface area contributed by atoms with Crippen molar-refractivity contribution in [3.8, 4) is 22.5 Å². The van der Waals surface area contributed by atoms with E-state index in [4.69, 9.17) is 0 Å². The van der Waals surface area contributed by atoms with Crippen molar-refractivity contribution in [3.05, 3.63) is 73.1 Å². The fourth-order valence-electron chi connectivity index (χ4n) is 1.93. The van der Waals surface area contributed by atoms with Gasteiger partial charge in [0.1, 0.15) is 0 Å². The van der Waals surface area contributed by atoms with E-state index in [9.17, 15) is 0 Å². The highest BCUT2D eigenvalue weighted by molar-refractivity contribution is 5.63. The average Bonchev–Trinajstić information content (AvgIpc) is 2.68. The molecule has 5 nitrogen and oxygen atoms in total. The Kier molecular flexibility index (Phi) is 4.15. The largest absolute Gasteiger partial charge is 0.286 e. The quantitative estimate of drug-likeness (QED) is 0.785. The van der Waals surface area contributed by atoms with E-state index < -0.39 is 0 Å². The number of aromatic amines is 1. The Hall–Kier alpha value is -3.08. The van der Waals surface area contributed by atoms with Crippen molar-refractivity contribution in [2.75, 3.05) is 0 Å². The minimum Gasteiger partial charge on any atom is -0.286 e. The summed E-state index contributed by atoms with van der Waals surface area (Å²) in [7, 11) is 0. The molecule has 3 heterocycles. The maximum atomic E-state index is 4.47. The number of nitrogens with zero attached hydrogens (tertiary/aromatic N) is 4. The van der Waals surface area contributed by atoms with Crippen molar-refractivity contribution < 1.29 is 0 Å². The number of hydrogen-bond donors (Lipinski definition) is 1. The molecule has 0 bridgehead atoms. The summed E-state index contributed by atoms with van der Waals surface area (Å²) in [4.78, 5) is 13.1. The maximum Gasteiger partial charge on any atom is 0.0886 e. The second-order valence-corrected chi connectivity index (χ2v) is 4.72. The molecule has 5 heteroatoms. The summed E-state index contributed by atoms with van der Waals surface area (Å²) in [6.45, 7) is 1.93. The SMILES string of the molecule is Cc1cc[nH]ncc(-c2ccc(-c3ccccn3)nc2)cn1. The number of rotatable bonds is 2. The lowest BCUT2D eigenvalue weighted by atomic mass is 10.1. The highest BCUT2D eigenvalue weighted by atomic mass is 15.1. The van der Waals surface area contributed by atoms with Crippen LogP contribution in [0.15, 0.2) is 67.4 Å². The van der Waals surface area contributed by atoms with Crippen LogP contribution in [-0.2, 0) is 0 Å². The van der Waals surface area contributed by atoms with Gasteiger partial charge in [-0.3, -0.25) is 20.1 Å². The van der Waals surface area contributed by atoms with E-state index in [1.165, 1.54) is 0 Å². The van der Waals surface area contributed by atoms with Gasteiger partial charge in [-0.05, 0) is 31.2 Å². The molecule has 0 aromatic carbocycles. The van der Waals surface area contributed by atoms with Crippen LogP contribution in [0.1, 0.15) is 5.69 Å². The second-order valence-electron chi connectivity index (χ2n) is 4.72. The molecule has 0 saturated heterocycles. The van der Waals surface area contributed by atoms with Crippen molar-refractivity contribution in [2.45, 2.75) is 6.92 Å². The first-order chi connectivity index (χ1) is 10.8. The molecule has 3 aromatic heterocycles. The van der Waals surface area contributed by atoms with Gasteiger partial charge in [-0.2, -0.15) is 5.10 Å². The summed E-state index contributed by atoms with van der Waals surface area (Å²) >= 11 is 0. The number of nitrogens with one attached hydrogen (secondary N) is 1. The van der Waals surface area contributed by atoms with Gasteiger partial charge in [0.15, 0.2) is 0 Å². The van der Waals surface area contributed by atoms with Gasteiger partial charge < -0.3 is 0 Å². The standard InChI is InChI=1S/C17H15N5/c1-13-7-9-21-22-12-15(11-19-13)14-5-6-17(20-10-14)16-4-2-3-8-18-16/h2-12,21H,1H3. The first-order valence-electron chi connectivity index (χ1n) is 6.90. The molecule has 1 N–H and O–H groups in total. The fraction of sp³-hybridized carbons (Fsp3) is 0.0588. The third kappa shape index (κ3) is 3.32. The molecule has 0 fully saturated rings. The van der Waals surface area contributed by atoms with E-state index >= 15 is 0 Å². The Morgan fingerprint density at radius 2 is 1.64 bits per heavy atom. The fourth-order valence-corrected chi connectivity index (χ4v) is 1.93. The van der Waals surface area contributed by atoms with E-state index in [2.05, 4.69) is 25.1 Å². The van der Waals surface area contributed by atoms with Gasteiger partial charge >= 0.3 is 0 Å². The van der Waals surface area contributed by atoms with Gasteiger partial charge in [0.2, 0.25) is 0 Å². The molecule has 0 aliphatic heterocycles. The van der Waals surface area contributed by atoms with E-state index in [1.807, 2.05) is 43.3 Å². The van der Waals surface area contributed by atoms with Crippen LogP contribution in [0.3, 0.4) is 0 Å². The molecule has 0 unspecified atom stereocenters. The Morgan fingerprint density at radius 3 is 2.41 bits per heavy atom. The van der Waals surface area contributed by atoms with Crippen LogP contribution >= 0.6 is 0 Å². The summed E-state index contributed by atoms with van der Waals surface area (Å²) in [5.74, 6) is 0. The minimum atomic E-state index is 0.837. The third-order valence-electron chi connectivity index (χ3n) is 3.11.